The van der Waals surface area contributed by atoms with E-state index in [2.05, 4.69) is 16.5 Å². The lowest BCUT2D eigenvalue weighted by atomic mass is 10.2. The molecule has 3 N–H and O–H groups in total. The molecule has 104 valence electrons. The lowest BCUT2D eigenvalue weighted by Crippen LogP contribution is -2.17. The number of rotatable bonds is 6. The largest absolute Gasteiger partial charge is 0.399 e. The van der Waals surface area contributed by atoms with Crippen molar-refractivity contribution in [1.82, 2.24) is 9.55 Å². The second-order valence-corrected chi connectivity index (χ2v) is 4.68. The van der Waals surface area contributed by atoms with Crippen LogP contribution in [0.25, 0.3) is 11.0 Å². The van der Waals surface area contributed by atoms with Crippen LogP contribution >= 0.6 is 0 Å². The average molecular weight is 263 g/mol. The maximum absolute atomic E-state index is 9.75. The van der Waals surface area contributed by atoms with Crippen molar-refractivity contribution in [3.63, 3.8) is 0 Å². The molecule has 0 aliphatic carbocycles. The first kappa shape index (κ1) is 13.8. The SMILES string of the molecule is CCc1nc2cc(N)ccc2n1CCC(O)COC. The summed E-state index contributed by atoms with van der Waals surface area (Å²) in [6.07, 6.45) is 1.06. The Balaban J connectivity index is 2.25. The van der Waals surface area contributed by atoms with E-state index in [1.807, 2.05) is 18.2 Å². The van der Waals surface area contributed by atoms with Crippen LogP contribution in [0, 0.1) is 0 Å². The Hall–Kier alpha value is -1.59. The first-order valence-corrected chi connectivity index (χ1v) is 6.57. The van der Waals surface area contributed by atoms with Gasteiger partial charge < -0.3 is 20.1 Å². The summed E-state index contributed by atoms with van der Waals surface area (Å²) in [6.45, 7) is 3.17. The first-order chi connectivity index (χ1) is 9.15. The zero-order valence-electron chi connectivity index (χ0n) is 11.5. The molecule has 19 heavy (non-hydrogen) atoms. The number of nitrogen functional groups attached to an aromatic ring is 1. The van der Waals surface area contributed by atoms with Crippen molar-refractivity contribution >= 4 is 16.7 Å². The molecule has 0 bridgehead atoms. The highest BCUT2D eigenvalue weighted by Crippen LogP contribution is 2.20. The maximum Gasteiger partial charge on any atom is 0.109 e. The normalized spacial score (nSPS) is 13.0. The number of aliphatic hydroxyl groups is 1. The fraction of sp³-hybridized carbons (Fsp3) is 0.500. The molecule has 0 saturated carbocycles. The Morgan fingerprint density at radius 2 is 2.26 bits per heavy atom. The molecule has 5 heteroatoms. The molecule has 1 heterocycles. The number of hydrogen-bond acceptors (Lipinski definition) is 4. The van der Waals surface area contributed by atoms with Gasteiger partial charge in [-0.2, -0.15) is 0 Å². The fourth-order valence-corrected chi connectivity index (χ4v) is 2.27. The van der Waals surface area contributed by atoms with Crippen LogP contribution in [0.1, 0.15) is 19.2 Å². The van der Waals surface area contributed by atoms with Gasteiger partial charge in [-0.1, -0.05) is 6.92 Å². The van der Waals surface area contributed by atoms with Crippen LogP contribution in [-0.4, -0.2) is 34.5 Å². The van der Waals surface area contributed by atoms with Crippen molar-refractivity contribution in [3.05, 3.63) is 24.0 Å². The van der Waals surface area contributed by atoms with E-state index >= 15 is 0 Å². The van der Waals surface area contributed by atoms with E-state index in [4.69, 9.17) is 10.5 Å². The Labute approximate surface area is 113 Å². The summed E-state index contributed by atoms with van der Waals surface area (Å²) in [6, 6.07) is 5.75. The summed E-state index contributed by atoms with van der Waals surface area (Å²) >= 11 is 0. The third-order valence-corrected chi connectivity index (χ3v) is 3.21. The van der Waals surface area contributed by atoms with Gasteiger partial charge in [0.15, 0.2) is 0 Å². The molecule has 1 atom stereocenters. The standard InChI is InChI=1S/C14H21N3O2/c1-3-14-16-12-8-10(15)4-5-13(12)17(14)7-6-11(18)9-19-2/h4-5,8,11,18H,3,6-7,9,15H2,1-2H3. The molecule has 1 aromatic carbocycles. The molecular weight excluding hydrogens is 242 g/mol. The number of aryl methyl sites for hydroxylation is 2. The number of imidazole rings is 1. The Morgan fingerprint density at radius 1 is 1.47 bits per heavy atom. The summed E-state index contributed by atoms with van der Waals surface area (Å²) in [5.41, 5.74) is 8.48. The number of anilines is 1. The van der Waals surface area contributed by atoms with E-state index in [0.717, 1.165) is 35.5 Å². The molecule has 1 aromatic heterocycles. The molecule has 0 fully saturated rings. The van der Waals surface area contributed by atoms with Crippen molar-refractivity contribution in [2.75, 3.05) is 19.5 Å². The van der Waals surface area contributed by atoms with E-state index in [-0.39, 0.29) is 0 Å². The van der Waals surface area contributed by atoms with Crippen LogP contribution in [0.15, 0.2) is 18.2 Å². The minimum Gasteiger partial charge on any atom is -0.399 e. The minimum absolute atomic E-state index is 0.362. The van der Waals surface area contributed by atoms with Gasteiger partial charge in [0.1, 0.15) is 5.82 Å². The smallest absolute Gasteiger partial charge is 0.109 e. The lowest BCUT2D eigenvalue weighted by molar-refractivity contribution is 0.0566. The second-order valence-electron chi connectivity index (χ2n) is 4.68. The van der Waals surface area contributed by atoms with E-state index in [1.165, 1.54) is 0 Å². The molecule has 0 amide bonds. The monoisotopic (exact) mass is 263 g/mol. The Kier molecular flexibility index (Phi) is 4.39. The molecule has 0 radical (unpaired) electrons. The highest BCUT2D eigenvalue weighted by molar-refractivity contribution is 5.79. The van der Waals surface area contributed by atoms with Crippen molar-refractivity contribution in [2.24, 2.45) is 0 Å². The van der Waals surface area contributed by atoms with Crippen molar-refractivity contribution in [1.29, 1.82) is 0 Å². The molecule has 2 aromatic rings. The van der Waals surface area contributed by atoms with Gasteiger partial charge in [0.2, 0.25) is 0 Å². The summed E-state index contributed by atoms with van der Waals surface area (Å²) in [5, 5.41) is 9.75. The minimum atomic E-state index is -0.444. The molecule has 0 spiro atoms. The Bertz CT molecular complexity index is 551. The van der Waals surface area contributed by atoms with Crippen LogP contribution < -0.4 is 5.73 Å². The quantitative estimate of drug-likeness (QED) is 0.776. The number of nitrogens with two attached hydrogens (primary N) is 1. The zero-order valence-corrected chi connectivity index (χ0v) is 11.5. The van der Waals surface area contributed by atoms with E-state index in [0.29, 0.717) is 13.0 Å². The summed E-state index contributed by atoms with van der Waals surface area (Å²) in [4.78, 5) is 4.59. The lowest BCUT2D eigenvalue weighted by Gasteiger charge is -2.12. The Morgan fingerprint density at radius 3 is 2.95 bits per heavy atom. The van der Waals surface area contributed by atoms with Crippen molar-refractivity contribution in [3.8, 4) is 0 Å². The van der Waals surface area contributed by atoms with Crippen molar-refractivity contribution < 1.29 is 9.84 Å². The zero-order chi connectivity index (χ0) is 13.8. The second kappa shape index (κ2) is 6.04. The number of hydrogen-bond donors (Lipinski definition) is 2. The van der Waals surface area contributed by atoms with Crippen LogP contribution in [0.3, 0.4) is 0 Å². The van der Waals surface area contributed by atoms with Gasteiger partial charge in [0.05, 0.1) is 23.7 Å². The van der Waals surface area contributed by atoms with Crippen LogP contribution in [0.4, 0.5) is 5.69 Å². The topological polar surface area (TPSA) is 73.3 Å². The highest BCUT2D eigenvalue weighted by atomic mass is 16.5. The molecule has 5 nitrogen and oxygen atoms in total. The molecular formula is C14H21N3O2. The number of methoxy groups -OCH3 is 1. The highest BCUT2D eigenvalue weighted by Gasteiger charge is 2.11. The predicted octanol–water partition coefficient (Wildman–Crippen LogP) is 1.58. The third-order valence-electron chi connectivity index (χ3n) is 3.21. The third kappa shape index (κ3) is 3.05. The van der Waals surface area contributed by atoms with Gasteiger partial charge in [0.25, 0.3) is 0 Å². The van der Waals surface area contributed by atoms with Crippen LogP contribution in [0.2, 0.25) is 0 Å². The summed E-state index contributed by atoms with van der Waals surface area (Å²) in [5.74, 6) is 1.02. The first-order valence-electron chi connectivity index (χ1n) is 6.57. The van der Waals surface area contributed by atoms with Gasteiger partial charge in [-0.05, 0) is 24.6 Å². The van der Waals surface area contributed by atoms with E-state index in [9.17, 15) is 5.11 Å². The number of benzene rings is 1. The summed E-state index contributed by atoms with van der Waals surface area (Å²) < 4.78 is 7.09. The number of aromatic nitrogens is 2. The molecule has 1 unspecified atom stereocenters. The average Bonchev–Trinajstić information content (AvgIpc) is 2.73. The number of fused-ring (bicyclic) bond motifs is 1. The van der Waals surface area contributed by atoms with Gasteiger partial charge in [0, 0.05) is 25.8 Å². The van der Waals surface area contributed by atoms with Crippen molar-refractivity contribution in [2.45, 2.75) is 32.4 Å². The van der Waals surface area contributed by atoms with E-state index in [1.54, 1.807) is 7.11 Å². The number of ether oxygens (including phenoxy) is 1. The number of aliphatic hydroxyl groups excluding tert-OH is 1. The molecule has 2 rings (SSSR count). The fourth-order valence-electron chi connectivity index (χ4n) is 2.27. The van der Waals surface area contributed by atoms with Gasteiger partial charge >= 0.3 is 0 Å². The van der Waals surface area contributed by atoms with Gasteiger partial charge in [-0.15, -0.1) is 0 Å². The van der Waals surface area contributed by atoms with Crippen LogP contribution in [-0.2, 0) is 17.7 Å². The summed E-state index contributed by atoms with van der Waals surface area (Å²) in [7, 11) is 1.59. The molecule has 0 aliphatic heterocycles. The maximum atomic E-state index is 9.75. The number of nitrogens with zero attached hydrogens (tertiary/aromatic N) is 2. The molecule has 0 saturated heterocycles. The molecule has 0 aliphatic rings. The van der Waals surface area contributed by atoms with E-state index < -0.39 is 6.10 Å². The van der Waals surface area contributed by atoms with Gasteiger partial charge in [-0.25, -0.2) is 4.98 Å². The predicted molar refractivity (Wildman–Crippen MR) is 76.0 cm³/mol. The van der Waals surface area contributed by atoms with Gasteiger partial charge in [-0.3, -0.25) is 0 Å². The van der Waals surface area contributed by atoms with Crippen LogP contribution in [0.5, 0.6) is 0 Å².